The van der Waals surface area contributed by atoms with E-state index >= 15 is 0 Å². The average molecular weight is 544 g/mol. The van der Waals surface area contributed by atoms with Gasteiger partial charge < -0.3 is 15.0 Å². The maximum absolute atomic E-state index is 14.5. The van der Waals surface area contributed by atoms with Gasteiger partial charge >= 0.3 is 6.18 Å². The van der Waals surface area contributed by atoms with Crippen molar-refractivity contribution in [2.45, 2.75) is 32.5 Å². The van der Waals surface area contributed by atoms with Crippen LogP contribution in [0.4, 0.5) is 34.8 Å². The first-order valence-corrected chi connectivity index (χ1v) is 12.4. The van der Waals surface area contributed by atoms with E-state index in [1.165, 1.54) is 0 Å². The predicted molar refractivity (Wildman–Crippen MR) is 136 cm³/mol. The van der Waals surface area contributed by atoms with Crippen LogP contribution in [0.3, 0.4) is 0 Å². The number of alkyl halides is 3. The number of ether oxygens (including phenoxy) is 1. The molecule has 2 aliphatic rings. The monoisotopic (exact) mass is 543 g/mol. The number of carbonyl (C=O) groups excluding carboxylic acids is 2. The molecule has 5 rings (SSSR count). The van der Waals surface area contributed by atoms with Crippen LogP contribution in [0.1, 0.15) is 35.0 Å². The highest BCUT2D eigenvalue weighted by atomic mass is 19.4. The molecule has 2 aromatic heterocycles. The first-order valence-electron chi connectivity index (χ1n) is 12.4. The molecule has 1 saturated heterocycles. The number of rotatable bonds is 4. The van der Waals surface area contributed by atoms with Crippen LogP contribution in [-0.4, -0.2) is 54.1 Å². The Labute approximate surface area is 221 Å². The van der Waals surface area contributed by atoms with Crippen LogP contribution in [0.5, 0.6) is 0 Å². The largest absolute Gasteiger partial charge is 0.436 e. The smallest absolute Gasteiger partial charge is 0.377 e. The molecule has 12 heteroatoms. The van der Waals surface area contributed by atoms with Gasteiger partial charge in [-0.25, -0.2) is 14.4 Å². The van der Waals surface area contributed by atoms with E-state index in [1.807, 2.05) is 19.9 Å². The molecule has 1 aromatic carbocycles. The quantitative estimate of drug-likeness (QED) is 0.475. The van der Waals surface area contributed by atoms with Gasteiger partial charge in [0.25, 0.3) is 5.91 Å². The van der Waals surface area contributed by atoms with Gasteiger partial charge in [0.15, 0.2) is 17.3 Å². The Bertz CT molecular complexity index is 1450. The minimum Gasteiger partial charge on any atom is -0.377 e. The van der Waals surface area contributed by atoms with E-state index in [0.717, 1.165) is 23.5 Å². The number of aromatic nitrogens is 2. The lowest BCUT2D eigenvalue weighted by Gasteiger charge is -2.36. The SMILES string of the molecule is CCN1C(=O)C[C@@H]2COCCN2c2cc(-c3cc(NC(=O)c4ccnc(C(F)(F)F)c4F)ccc3C)cnc21. The van der Waals surface area contributed by atoms with Crippen molar-refractivity contribution in [1.29, 1.82) is 0 Å². The minimum absolute atomic E-state index is 0.0325. The van der Waals surface area contributed by atoms with Crippen LogP contribution < -0.4 is 15.1 Å². The number of anilines is 3. The maximum atomic E-state index is 14.5. The van der Waals surface area contributed by atoms with Crippen molar-refractivity contribution in [2.24, 2.45) is 0 Å². The molecule has 0 spiro atoms. The summed E-state index contributed by atoms with van der Waals surface area (Å²) in [6, 6.07) is 7.67. The summed E-state index contributed by atoms with van der Waals surface area (Å²) in [5, 5.41) is 2.48. The Hall–Kier alpha value is -4.06. The Morgan fingerprint density at radius 3 is 2.74 bits per heavy atom. The lowest BCUT2D eigenvalue weighted by Crippen LogP contribution is -2.46. The number of amides is 2. The van der Waals surface area contributed by atoms with Gasteiger partial charge in [0.2, 0.25) is 5.91 Å². The second kappa shape index (κ2) is 10.3. The van der Waals surface area contributed by atoms with E-state index in [1.54, 1.807) is 29.3 Å². The molecule has 2 aliphatic heterocycles. The van der Waals surface area contributed by atoms with Gasteiger partial charge in [-0.1, -0.05) is 6.07 Å². The molecular weight excluding hydrogens is 518 g/mol. The fourth-order valence-corrected chi connectivity index (χ4v) is 4.94. The molecule has 0 aliphatic carbocycles. The molecule has 0 unspecified atom stereocenters. The van der Waals surface area contributed by atoms with E-state index in [9.17, 15) is 27.2 Å². The summed E-state index contributed by atoms with van der Waals surface area (Å²) in [7, 11) is 0. The third-order valence-electron chi connectivity index (χ3n) is 6.88. The molecule has 0 radical (unpaired) electrons. The summed E-state index contributed by atoms with van der Waals surface area (Å²) in [4.78, 5) is 37.1. The number of hydrogen-bond acceptors (Lipinski definition) is 6. The van der Waals surface area contributed by atoms with Crippen LogP contribution in [-0.2, 0) is 15.7 Å². The molecule has 2 amide bonds. The summed E-state index contributed by atoms with van der Waals surface area (Å²) in [5.74, 6) is -2.25. The van der Waals surface area contributed by atoms with Gasteiger partial charge in [0, 0.05) is 43.2 Å². The molecule has 1 fully saturated rings. The second-order valence-electron chi connectivity index (χ2n) is 9.33. The highest BCUT2D eigenvalue weighted by Crippen LogP contribution is 2.38. The van der Waals surface area contributed by atoms with E-state index in [2.05, 4.69) is 20.2 Å². The lowest BCUT2D eigenvalue weighted by molar-refractivity contribution is -0.143. The van der Waals surface area contributed by atoms with Gasteiger partial charge in [0.05, 0.1) is 30.5 Å². The molecule has 39 heavy (non-hydrogen) atoms. The highest BCUT2D eigenvalue weighted by molar-refractivity contribution is 6.05. The summed E-state index contributed by atoms with van der Waals surface area (Å²) in [6.45, 7) is 5.75. The zero-order valence-corrected chi connectivity index (χ0v) is 21.2. The summed E-state index contributed by atoms with van der Waals surface area (Å²) in [6.07, 6.45) is -2.34. The maximum Gasteiger partial charge on any atom is 0.436 e. The Balaban J connectivity index is 1.50. The van der Waals surface area contributed by atoms with Crippen molar-refractivity contribution in [3.63, 3.8) is 0 Å². The average Bonchev–Trinajstić information content (AvgIpc) is 3.02. The number of nitrogens with zero attached hydrogens (tertiary/aromatic N) is 4. The van der Waals surface area contributed by atoms with Gasteiger partial charge in [-0.05, 0) is 49.2 Å². The molecule has 1 N–H and O–H groups in total. The molecule has 0 bridgehead atoms. The van der Waals surface area contributed by atoms with Gasteiger partial charge in [-0.15, -0.1) is 0 Å². The zero-order chi connectivity index (χ0) is 27.9. The second-order valence-corrected chi connectivity index (χ2v) is 9.33. The van der Waals surface area contributed by atoms with Crippen LogP contribution in [0.25, 0.3) is 11.1 Å². The number of fused-ring (bicyclic) bond motifs is 3. The van der Waals surface area contributed by atoms with Crippen molar-refractivity contribution in [3.8, 4) is 11.1 Å². The van der Waals surface area contributed by atoms with Crippen LogP contribution >= 0.6 is 0 Å². The van der Waals surface area contributed by atoms with E-state index in [-0.39, 0.29) is 17.6 Å². The number of hydrogen-bond donors (Lipinski definition) is 1. The topological polar surface area (TPSA) is 87.7 Å². The molecule has 204 valence electrons. The third kappa shape index (κ3) is 5.03. The number of benzene rings is 1. The minimum atomic E-state index is -5.03. The number of carbonyl (C=O) groups is 2. The van der Waals surface area contributed by atoms with Crippen molar-refractivity contribution in [3.05, 3.63) is 65.4 Å². The van der Waals surface area contributed by atoms with Crippen molar-refractivity contribution >= 4 is 29.0 Å². The van der Waals surface area contributed by atoms with Crippen LogP contribution in [0.15, 0.2) is 42.7 Å². The molecule has 8 nitrogen and oxygen atoms in total. The van der Waals surface area contributed by atoms with E-state index in [4.69, 9.17) is 4.74 Å². The number of aryl methyl sites for hydroxylation is 1. The number of pyridine rings is 2. The number of nitrogens with one attached hydrogen (secondary N) is 1. The molecule has 0 saturated carbocycles. The van der Waals surface area contributed by atoms with E-state index in [0.29, 0.717) is 49.7 Å². The summed E-state index contributed by atoms with van der Waals surface area (Å²) in [5.41, 5.74) is 0.798. The first kappa shape index (κ1) is 26.5. The number of morpholine rings is 1. The van der Waals surface area contributed by atoms with Crippen molar-refractivity contribution < 1.29 is 31.9 Å². The first-order chi connectivity index (χ1) is 18.6. The number of halogens is 4. The normalized spacial score (nSPS) is 17.4. The van der Waals surface area contributed by atoms with Gasteiger partial charge in [0.1, 0.15) is 0 Å². The molecular formula is C27H25F4N5O3. The summed E-state index contributed by atoms with van der Waals surface area (Å²) < 4.78 is 59.2. The Kier molecular flexibility index (Phi) is 6.98. The Morgan fingerprint density at radius 2 is 2.00 bits per heavy atom. The highest BCUT2D eigenvalue weighted by Gasteiger charge is 2.38. The summed E-state index contributed by atoms with van der Waals surface area (Å²) >= 11 is 0. The van der Waals surface area contributed by atoms with E-state index < -0.39 is 29.2 Å². The standard InChI is InChI=1S/C27H25F4N5O3/c1-3-35-22(37)12-18-14-39-9-8-36(18)21-10-16(13-33-25(21)35)20-11-17(5-4-15(20)2)34-26(38)19-6-7-32-24(23(19)28)27(29,30)31/h4-7,10-11,13,18H,3,8-9,12,14H2,1-2H3,(H,34,38)/t18-/m1/s1. The molecule has 3 aromatic rings. The molecule has 4 heterocycles. The van der Waals surface area contributed by atoms with Gasteiger partial charge in [-0.3, -0.25) is 14.5 Å². The van der Waals surface area contributed by atoms with Gasteiger partial charge in [-0.2, -0.15) is 13.2 Å². The van der Waals surface area contributed by atoms with Crippen LogP contribution in [0.2, 0.25) is 0 Å². The van der Waals surface area contributed by atoms with Crippen molar-refractivity contribution in [1.82, 2.24) is 9.97 Å². The predicted octanol–water partition coefficient (Wildman–Crippen LogP) is 4.82. The zero-order valence-electron chi connectivity index (χ0n) is 21.2. The third-order valence-corrected chi connectivity index (χ3v) is 6.88. The van der Waals surface area contributed by atoms with Crippen LogP contribution in [0, 0.1) is 12.7 Å². The lowest BCUT2D eigenvalue weighted by atomic mass is 10.00. The Morgan fingerprint density at radius 1 is 1.21 bits per heavy atom. The molecule has 1 atom stereocenters. The fraction of sp³-hybridized carbons (Fsp3) is 0.333. The van der Waals surface area contributed by atoms with Crippen molar-refractivity contribution in [2.75, 3.05) is 41.4 Å². The fourth-order valence-electron chi connectivity index (χ4n) is 4.94.